The third-order valence-electron chi connectivity index (χ3n) is 4.30. The van der Waals surface area contributed by atoms with Crippen molar-refractivity contribution in [2.45, 2.75) is 12.8 Å². The van der Waals surface area contributed by atoms with Gasteiger partial charge in [0.25, 0.3) is 0 Å². The standard InChI is InChI=1S/C13H16N6O/c14-11-10-9(16-8-17-11)5-15-12(18-10)19-3-1-13(6-19)2-4-20-7-13/h5,8H,1-4,6-7H2,(H2,14,16,17). The topological polar surface area (TPSA) is 90.0 Å². The molecule has 2 aliphatic heterocycles. The molecule has 0 bridgehead atoms. The van der Waals surface area contributed by atoms with Crippen LogP contribution in [0.1, 0.15) is 12.8 Å². The number of aromatic nitrogens is 4. The van der Waals surface area contributed by atoms with E-state index in [1.165, 1.54) is 6.33 Å². The first kappa shape index (κ1) is 11.8. The van der Waals surface area contributed by atoms with E-state index >= 15 is 0 Å². The molecule has 1 spiro atoms. The van der Waals surface area contributed by atoms with Crippen molar-refractivity contribution in [1.29, 1.82) is 0 Å². The number of nitrogens with two attached hydrogens (primary N) is 1. The van der Waals surface area contributed by atoms with Crippen molar-refractivity contribution in [2.24, 2.45) is 5.41 Å². The minimum Gasteiger partial charge on any atom is -0.382 e. The van der Waals surface area contributed by atoms with Crippen molar-refractivity contribution < 1.29 is 4.74 Å². The van der Waals surface area contributed by atoms with Crippen LogP contribution in [-0.2, 0) is 4.74 Å². The van der Waals surface area contributed by atoms with Gasteiger partial charge in [0, 0.05) is 25.1 Å². The zero-order valence-corrected chi connectivity index (χ0v) is 11.1. The predicted molar refractivity (Wildman–Crippen MR) is 74.2 cm³/mol. The molecule has 2 aromatic rings. The fourth-order valence-corrected chi connectivity index (χ4v) is 3.09. The summed E-state index contributed by atoms with van der Waals surface area (Å²) in [5, 5.41) is 0. The SMILES string of the molecule is Nc1ncnc2cnc(N3CCC4(CCOC4)C3)nc12. The molecule has 1 unspecified atom stereocenters. The number of ether oxygens (including phenoxy) is 1. The molecule has 2 N–H and O–H groups in total. The molecule has 20 heavy (non-hydrogen) atoms. The molecule has 7 heteroatoms. The Morgan fingerprint density at radius 2 is 2.20 bits per heavy atom. The van der Waals surface area contributed by atoms with Crippen molar-refractivity contribution in [3.8, 4) is 0 Å². The highest BCUT2D eigenvalue weighted by Gasteiger charge is 2.42. The predicted octanol–water partition coefficient (Wildman–Crippen LogP) is 0.619. The lowest BCUT2D eigenvalue weighted by Crippen LogP contribution is -2.28. The van der Waals surface area contributed by atoms with Gasteiger partial charge in [0.1, 0.15) is 17.4 Å². The first-order valence-corrected chi connectivity index (χ1v) is 6.82. The quantitative estimate of drug-likeness (QED) is 0.813. The van der Waals surface area contributed by atoms with E-state index in [1.807, 2.05) is 0 Å². The number of nitrogen functional groups attached to an aromatic ring is 1. The number of fused-ring (bicyclic) bond motifs is 1. The van der Waals surface area contributed by atoms with E-state index in [0.29, 0.717) is 22.8 Å². The van der Waals surface area contributed by atoms with Crippen LogP contribution in [0.3, 0.4) is 0 Å². The van der Waals surface area contributed by atoms with E-state index in [-0.39, 0.29) is 5.41 Å². The van der Waals surface area contributed by atoms with E-state index < -0.39 is 0 Å². The van der Waals surface area contributed by atoms with Crippen LogP contribution in [0.15, 0.2) is 12.5 Å². The van der Waals surface area contributed by atoms with Crippen molar-refractivity contribution in [3.05, 3.63) is 12.5 Å². The summed E-state index contributed by atoms with van der Waals surface area (Å²) < 4.78 is 5.55. The molecule has 0 aliphatic carbocycles. The molecule has 0 radical (unpaired) electrons. The van der Waals surface area contributed by atoms with Gasteiger partial charge in [-0.1, -0.05) is 0 Å². The first-order chi connectivity index (χ1) is 9.76. The van der Waals surface area contributed by atoms with Crippen LogP contribution in [0.4, 0.5) is 11.8 Å². The van der Waals surface area contributed by atoms with Gasteiger partial charge in [0.05, 0.1) is 12.8 Å². The van der Waals surface area contributed by atoms with Crippen molar-refractivity contribution >= 4 is 22.8 Å². The van der Waals surface area contributed by atoms with Gasteiger partial charge in [-0.2, -0.15) is 0 Å². The minimum absolute atomic E-state index is 0.289. The van der Waals surface area contributed by atoms with Crippen LogP contribution in [0.25, 0.3) is 11.0 Å². The van der Waals surface area contributed by atoms with Crippen molar-refractivity contribution in [2.75, 3.05) is 36.9 Å². The Hall–Kier alpha value is -2.02. The highest BCUT2D eigenvalue weighted by molar-refractivity contribution is 5.83. The molecule has 4 heterocycles. The Balaban J connectivity index is 1.67. The summed E-state index contributed by atoms with van der Waals surface area (Å²) in [4.78, 5) is 19.3. The number of hydrogen-bond donors (Lipinski definition) is 1. The number of hydrogen-bond acceptors (Lipinski definition) is 7. The van der Waals surface area contributed by atoms with Gasteiger partial charge in [-0.05, 0) is 12.8 Å². The van der Waals surface area contributed by atoms with Crippen LogP contribution >= 0.6 is 0 Å². The van der Waals surface area contributed by atoms with Gasteiger partial charge < -0.3 is 15.4 Å². The second-order valence-electron chi connectivity index (χ2n) is 5.64. The van der Waals surface area contributed by atoms with Crippen LogP contribution in [0.5, 0.6) is 0 Å². The van der Waals surface area contributed by atoms with Gasteiger partial charge in [0.2, 0.25) is 5.95 Å². The van der Waals surface area contributed by atoms with Crippen LogP contribution in [0, 0.1) is 5.41 Å². The second kappa shape index (κ2) is 4.24. The maximum Gasteiger partial charge on any atom is 0.226 e. The highest BCUT2D eigenvalue weighted by atomic mass is 16.5. The maximum atomic E-state index is 5.86. The summed E-state index contributed by atoms with van der Waals surface area (Å²) in [6.07, 6.45) is 5.41. The second-order valence-corrected chi connectivity index (χ2v) is 5.64. The van der Waals surface area contributed by atoms with E-state index in [2.05, 4.69) is 24.8 Å². The van der Waals surface area contributed by atoms with Crippen molar-refractivity contribution in [3.63, 3.8) is 0 Å². The summed E-state index contributed by atoms with van der Waals surface area (Å²) in [5.41, 5.74) is 7.45. The summed E-state index contributed by atoms with van der Waals surface area (Å²) in [6.45, 7) is 3.63. The molecule has 4 rings (SSSR count). The first-order valence-electron chi connectivity index (χ1n) is 6.82. The molecule has 1 atom stereocenters. The van der Waals surface area contributed by atoms with Crippen LogP contribution in [-0.4, -0.2) is 46.2 Å². The summed E-state index contributed by atoms with van der Waals surface area (Å²) in [7, 11) is 0. The van der Waals surface area contributed by atoms with Gasteiger partial charge in [-0.25, -0.2) is 19.9 Å². The van der Waals surface area contributed by atoms with E-state index in [1.54, 1.807) is 6.20 Å². The van der Waals surface area contributed by atoms with Gasteiger partial charge >= 0.3 is 0 Å². The molecular weight excluding hydrogens is 256 g/mol. The van der Waals surface area contributed by atoms with E-state index in [4.69, 9.17) is 10.5 Å². The summed E-state index contributed by atoms with van der Waals surface area (Å²) in [5.74, 6) is 1.11. The van der Waals surface area contributed by atoms with Gasteiger partial charge in [-0.3, -0.25) is 0 Å². The monoisotopic (exact) mass is 272 g/mol. The molecule has 2 aliphatic rings. The Morgan fingerprint density at radius 1 is 1.25 bits per heavy atom. The lowest BCUT2D eigenvalue weighted by atomic mass is 9.87. The zero-order valence-electron chi connectivity index (χ0n) is 11.1. The lowest BCUT2D eigenvalue weighted by Gasteiger charge is -2.21. The Kier molecular flexibility index (Phi) is 2.50. The maximum absolute atomic E-state index is 5.86. The molecule has 7 nitrogen and oxygen atoms in total. The number of nitrogens with zero attached hydrogens (tertiary/aromatic N) is 5. The fraction of sp³-hybridized carbons (Fsp3) is 0.538. The third-order valence-corrected chi connectivity index (χ3v) is 4.30. The third kappa shape index (κ3) is 1.77. The van der Waals surface area contributed by atoms with Gasteiger partial charge in [-0.15, -0.1) is 0 Å². The Bertz CT molecular complexity index is 654. The van der Waals surface area contributed by atoms with Crippen molar-refractivity contribution in [1.82, 2.24) is 19.9 Å². The molecular formula is C13H16N6O. The molecule has 0 saturated carbocycles. The molecule has 0 amide bonds. The van der Waals surface area contributed by atoms with E-state index in [9.17, 15) is 0 Å². The Labute approximate surface area is 116 Å². The lowest BCUT2D eigenvalue weighted by molar-refractivity contribution is 0.160. The van der Waals surface area contributed by atoms with Crippen LogP contribution < -0.4 is 10.6 Å². The molecule has 2 fully saturated rings. The van der Waals surface area contributed by atoms with Crippen LogP contribution in [0.2, 0.25) is 0 Å². The van der Waals surface area contributed by atoms with E-state index in [0.717, 1.165) is 39.1 Å². The Morgan fingerprint density at radius 3 is 3.05 bits per heavy atom. The average Bonchev–Trinajstić information content (AvgIpc) is 3.10. The molecule has 2 saturated heterocycles. The molecule has 104 valence electrons. The van der Waals surface area contributed by atoms with Gasteiger partial charge in [0.15, 0.2) is 5.82 Å². The smallest absolute Gasteiger partial charge is 0.226 e. The number of rotatable bonds is 1. The average molecular weight is 272 g/mol. The molecule has 0 aromatic carbocycles. The fourth-order valence-electron chi connectivity index (χ4n) is 3.09. The largest absolute Gasteiger partial charge is 0.382 e. The highest BCUT2D eigenvalue weighted by Crippen LogP contribution is 2.39. The normalized spacial score (nSPS) is 25.9. The summed E-state index contributed by atoms with van der Waals surface area (Å²) >= 11 is 0. The minimum atomic E-state index is 0.289. The molecule has 2 aromatic heterocycles. The number of anilines is 2. The zero-order chi connectivity index (χ0) is 13.6. The summed E-state index contributed by atoms with van der Waals surface area (Å²) in [6, 6.07) is 0.